The third-order valence-corrected chi connectivity index (χ3v) is 2.46. The third kappa shape index (κ3) is 5.47. The Balaban J connectivity index is 2.21. The smallest absolute Gasteiger partial charge is 0.332 e. The van der Waals surface area contributed by atoms with Crippen molar-refractivity contribution < 1.29 is 19.4 Å². The number of carbonyl (C=O) groups excluding carboxylic acids is 1. The van der Waals surface area contributed by atoms with Gasteiger partial charge >= 0.3 is 5.97 Å². The van der Waals surface area contributed by atoms with E-state index in [2.05, 4.69) is 0 Å². The van der Waals surface area contributed by atoms with Crippen LogP contribution in [0.3, 0.4) is 0 Å². The number of ether oxygens (including phenoxy) is 2. The minimum absolute atomic E-state index is 0.00346. The molecule has 0 saturated heterocycles. The molecule has 2 unspecified atom stereocenters. The van der Waals surface area contributed by atoms with Crippen LogP contribution >= 0.6 is 0 Å². The van der Waals surface area contributed by atoms with Gasteiger partial charge < -0.3 is 14.6 Å². The van der Waals surface area contributed by atoms with Gasteiger partial charge in [-0.05, 0) is 46.5 Å². The highest BCUT2D eigenvalue weighted by atomic mass is 16.6. The average Bonchev–Trinajstić information content (AvgIpc) is 2.12. The van der Waals surface area contributed by atoms with E-state index in [1.807, 2.05) is 20.8 Å². The van der Waals surface area contributed by atoms with Crippen molar-refractivity contribution in [2.24, 2.45) is 0 Å². The number of aliphatic hydroxyl groups excluding tert-OH is 1. The summed E-state index contributed by atoms with van der Waals surface area (Å²) in [5, 5.41) is 9.44. The lowest BCUT2D eigenvalue weighted by Crippen LogP contribution is -2.31. The van der Waals surface area contributed by atoms with Crippen molar-refractivity contribution in [3.05, 3.63) is 0 Å². The molecule has 0 spiro atoms. The van der Waals surface area contributed by atoms with Crippen molar-refractivity contribution in [1.82, 2.24) is 0 Å². The molecule has 1 fully saturated rings. The van der Waals surface area contributed by atoms with Crippen molar-refractivity contribution in [3.8, 4) is 0 Å². The van der Waals surface area contributed by atoms with Gasteiger partial charge in [0.2, 0.25) is 0 Å². The Labute approximate surface area is 96.9 Å². The number of hydrogen-bond acceptors (Lipinski definition) is 4. The van der Waals surface area contributed by atoms with E-state index in [1.54, 1.807) is 0 Å². The first kappa shape index (κ1) is 13.5. The van der Waals surface area contributed by atoms with Crippen molar-refractivity contribution in [2.45, 2.75) is 64.3 Å². The quantitative estimate of drug-likeness (QED) is 0.749. The molecule has 1 rings (SSSR count). The highest BCUT2D eigenvalue weighted by Crippen LogP contribution is 2.21. The number of esters is 1. The first-order valence-corrected chi connectivity index (χ1v) is 5.88. The highest BCUT2D eigenvalue weighted by Gasteiger charge is 2.23. The zero-order valence-corrected chi connectivity index (χ0v) is 10.4. The SMILES string of the molecule is CC(C)(C)OC(=O)COC1CCCC(O)C1. The lowest BCUT2D eigenvalue weighted by atomic mass is 9.95. The fourth-order valence-corrected chi connectivity index (χ4v) is 1.83. The van der Waals surface area contributed by atoms with Gasteiger partial charge in [0.05, 0.1) is 12.2 Å². The number of carbonyl (C=O) groups is 1. The van der Waals surface area contributed by atoms with Gasteiger partial charge in [0.1, 0.15) is 12.2 Å². The molecule has 94 valence electrons. The van der Waals surface area contributed by atoms with E-state index < -0.39 is 5.60 Å². The lowest BCUT2D eigenvalue weighted by Gasteiger charge is -2.26. The van der Waals surface area contributed by atoms with E-state index in [9.17, 15) is 9.90 Å². The van der Waals surface area contributed by atoms with Crippen molar-refractivity contribution in [2.75, 3.05) is 6.61 Å². The molecule has 0 aliphatic heterocycles. The highest BCUT2D eigenvalue weighted by molar-refractivity contribution is 5.71. The summed E-state index contributed by atoms with van der Waals surface area (Å²) in [4.78, 5) is 11.4. The Bertz CT molecular complexity index is 232. The van der Waals surface area contributed by atoms with Crippen LogP contribution in [0, 0.1) is 0 Å². The fraction of sp³-hybridized carbons (Fsp3) is 0.917. The van der Waals surface area contributed by atoms with Crippen LogP contribution in [0.25, 0.3) is 0 Å². The van der Waals surface area contributed by atoms with Gasteiger partial charge in [-0.1, -0.05) is 0 Å². The Kier molecular flexibility index (Phi) is 4.74. The zero-order valence-electron chi connectivity index (χ0n) is 10.4. The minimum Gasteiger partial charge on any atom is -0.458 e. The Morgan fingerprint density at radius 1 is 1.38 bits per heavy atom. The van der Waals surface area contributed by atoms with Gasteiger partial charge in [-0.3, -0.25) is 0 Å². The van der Waals surface area contributed by atoms with Gasteiger partial charge in [0, 0.05) is 0 Å². The first-order chi connectivity index (χ1) is 7.37. The standard InChI is InChI=1S/C12H22O4/c1-12(2,3)16-11(14)8-15-10-6-4-5-9(13)7-10/h9-10,13H,4-8H2,1-3H3. The van der Waals surface area contributed by atoms with E-state index in [-0.39, 0.29) is 24.8 Å². The molecule has 1 aliphatic carbocycles. The van der Waals surface area contributed by atoms with E-state index in [4.69, 9.17) is 9.47 Å². The second kappa shape index (κ2) is 5.64. The summed E-state index contributed by atoms with van der Waals surface area (Å²) >= 11 is 0. The summed E-state index contributed by atoms with van der Waals surface area (Å²) in [6, 6.07) is 0. The Hall–Kier alpha value is -0.610. The van der Waals surface area contributed by atoms with E-state index in [1.165, 1.54) is 0 Å². The van der Waals surface area contributed by atoms with Crippen molar-refractivity contribution >= 4 is 5.97 Å². The van der Waals surface area contributed by atoms with Crippen LogP contribution in [-0.4, -0.2) is 35.5 Å². The van der Waals surface area contributed by atoms with Gasteiger partial charge in [-0.2, -0.15) is 0 Å². The van der Waals surface area contributed by atoms with Crippen LogP contribution in [0.2, 0.25) is 0 Å². The summed E-state index contributed by atoms with van der Waals surface area (Å²) in [6.07, 6.45) is 3.06. The Morgan fingerprint density at radius 3 is 2.62 bits per heavy atom. The summed E-state index contributed by atoms with van der Waals surface area (Å²) < 4.78 is 10.6. The number of aliphatic hydroxyl groups is 1. The van der Waals surface area contributed by atoms with Crippen LogP contribution < -0.4 is 0 Å². The molecule has 0 radical (unpaired) electrons. The zero-order chi connectivity index (χ0) is 12.2. The lowest BCUT2D eigenvalue weighted by molar-refractivity contribution is -0.163. The van der Waals surface area contributed by atoms with Crippen LogP contribution in [0.1, 0.15) is 46.5 Å². The molecule has 2 atom stereocenters. The molecule has 4 nitrogen and oxygen atoms in total. The molecule has 0 amide bonds. The van der Waals surface area contributed by atoms with Crippen LogP contribution in [-0.2, 0) is 14.3 Å². The topological polar surface area (TPSA) is 55.8 Å². The molecule has 1 N–H and O–H groups in total. The first-order valence-electron chi connectivity index (χ1n) is 5.88. The maximum atomic E-state index is 11.4. The summed E-state index contributed by atoms with van der Waals surface area (Å²) in [7, 11) is 0. The molecular weight excluding hydrogens is 208 g/mol. The number of rotatable bonds is 3. The Morgan fingerprint density at radius 2 is 2.06 bits per heavy atom. The van der Waals surface area contributed by atoms with Gasteiger partial charge in [0.15, 0.2) is 0 Å². The van der Waals surface area contributed by atoms with Crippen molar-refractivity contribution in [1.29, 1.82) is 0 Å². The van der Waals surface area contributed by atoms with Crippen LogP contribution in [0.5, 0.6) is 0 Å². The molecule has 0 aromatic rings. The molecule has 1 aliphatic rings. The number of hydrogen-bond donors (Lipinski definition) is 1. The second-order valence-corrected chi connectivity index (χ2v) is 5.34. The van der Waals surface area contributed by atoms with Gasteiger partial charge in [-0.25, -0.2) is 4.79 Å². The van der Waals surface area contributed by atoms with E-state index in [0.717, 1.165) is 19.3 Å². The molecule has 4 heteroatoms. The molecule has 0 bridgehead atoms. The van der Waals surface area contributed by atoms with Crippen LogP contribution in [0.4, 0.5) is 0 Å². The molecular formula is C12H22O4. The molecule has 0 aromatic carbocycles. The monoisotopic (exact) mass is 230 g/mol. The van der Waals surface area contributed by atoms with E-state index in [0.29, 0.717) is 6.42 Å². The van der Waals surface area contributed by atoms with E-state index >= 15 is 0 Å². The average molecular weight is 230 g/mol. The largest absolute Gasteiger partial charge is 0.458 e. The maximum Gasteiger partial charge on any atom is 0.332 e. The normalized spacial score (nSPS) is 26.5. The summed E-state index contributed by atoms with van der Waals surface area (Å²) in [5.74, 6) is -0.340. The summed E-state index contributed by atoms with van der Waals surface area (Å²) in [6.45, 7) is 5.47. The predicted octanol–water partition coefficient (Wildman–Crippen LogP) is 1.65. The minimum atomic E-state index is -0.466. The van der Waals surface area contributed by atoms with Gasteiger partial charge in [0.25, 0.3) is 0 Å². The van der Waals surface area contributed by atoms with Crippen molar-refractivity contribution in [3.63, 3.8) is 0 Å². The fourth-order valence-electron chi connectivity index (χ4n) is 1.83. The molecule has 1 saturated carbocycles. The predicted molar refractivity (Wildman–Crippen MR) is 60.1 cm³/mol. The molecule has 0 aromatic heterocycles. The maximum absolute atomic E-state index is 11.4. The van der Waals surface area contributed by atoms with Gasteiger partial charge in [-0.15, -0.1) is 0 Å². The van der Waals surface area contributed by atoms with Crippen LogP contribution in [0.15, 0.2) is 0 Å². The third-order valence-electron chi connectivity index (χ3n) is 2.46. The molecule has 16 heavy (non-hydrogen) atoms. The second-order valence-electron chi connectivity index (χ2n) is 5.34. The molecule has 0 heterocycles. The summed E-state index contributed by atoms with van der Waals surface area (Å²) in [5.41, 5.74) is -0.466.